The molecule has 6 heteroatoms. The highest BCUT2D eigenvalue weighted by Gasteiger charge is 2.25. The number of fused-ring (bicyclic) bond motifs is 1. The van der Waals surface area contributed by atoms with E-state index in [1.165, 1.54) is 0 Å². The first kappa shape index (κ1) is 16.0. The zero-order chi connectivity index (χ0) is 16.5. The third-order valence-electron chi connectivity index (χ3n) is 3.18. The van der Waals surface area contributed by atoms with Crippen molar-refractivity contribution in [1.29, 1.82) is 0 Å². The monoisotopic (exact) mass is 304 g/mol. The van der Waals surface area contributed by atoms with E-state index < -0.39 is 11.4 Å². The molecular weight excluding hydrogens is 284 g/mol. The van der Waals surface area contributed by atoms with Crippen LogP contribution in [0.15, 0.2) is 18.3 Å². The van der Waals surface area contributed by atoms with Gasteiger partial charge in [0.25, 0.3) is 0 Å². The van der Waals surface area contributed by atoms with E-state index in [1.54, 1.807) is 57.6 Å². The molecule has 0 amide bonds. The number of hydrogen-bond acceptors (Lipinski definition) is 5. The van der Waals surface area contributed by atoms with Crippen molar-refractivity contribution in [2.24, 2.45) is 12.5 Å². The summed E-state index contributed by atoms with van der Waals surface area (Å²) < 4.78 is 12.1. The van der Waals surface area contributed by atoms with E-state index in [2.05, 4.69) is 4.98 Å². The number of nitrogens with zero attached hydrogens (tertiary/aromatic N) is 2. The number of pyridine rings is 1. The van der Waals surface area contributed by atoms with Gasteiger partial charge in [-0.25, -0.2) is 9.78 Å². The molecular formula is C16H20N2O4. The first-order chi connectivity index (χ1) is 10.2. The van der Waals surface area contributed by atoms with Crippen molar-refractivity contribution in [2.75, 3.05) is 6.61 Å². The second-order valence-corrected chi connectivity index (χ2v) is 6.03. The highest BCUT2D eigenvalue weighted by atomic mass is 16.5. The van der Waals surface area contributed by atoms with Crippen LogP contribution in [0.25, 0.3) is 10.9 Å². The normalized spacial score (nSPS) is 11.5. The number of rotatable bonds is 3. The molecule has 0 radical (unpaired) electrons. The minimum Gasteiger partial charge on any atom is -0.461 e. The van der Waals surface area contributed by atoms with Crippen molar-refractivity contribution in [3.8, 4) is 5.88 Å². The van der Waals surface area contributed by atoms with Gasteiger partial charge < -0.3 is 14.0 Å². The number of aryl methyl sites for hydroxylation is 1. The molecule has 0 fully saturated rings. The number of ether oxygens (including phenoxy) is 2. The molecule has 0 aliphatic carbocycles. The highest BCUT2D eigenvalue weighted by Crippen LogP contribution is 2.26. The quantitative estimate of drug-likeness (QED) is 0.815. The lowest BCUT2D eigenvalue weighted by atomic mass is 9.97. The summed E-state index contributed by atoms with van der Waals surface area (Å²) in [5.41, 5.74) is 0.406. The summed E-state index contributed by atoms with van der Waals surface area (Å²) in [4.78, 5) is 27.8. The Bertz CT molecular complexity index is 726. The minimum absolute atomic E-state index is 0.230. The van der Waals surface area contributed by atoms with Gasteiger partial charge in [0, 0.05) is 18.5 Å². The van der Waals surface area contributed by atoms with Crippen LogP contribution >= 0.6 is 0 Å². The largest absolute Gasteiger partial charge is 0.461 e. The van der Waals surface area contributed by atoms with Crippen LogP contribution in [-0.2, 0) is 16.6 Å². The highest BCUT2D eigenvalue weighted by molar-refractivity contribution is 5.93. The van der Waals surface area contributed by atoms with Gasteiger partial charge in [0.15, 0.2) is 0 Å². The second kappa shape index (κ2) is 5.79. The molecule has 0 saturated carbocycles. The molecule has 6 nitrogen and oxygen atoms in total. The second-order valence-electron chi connectivity index (χ2n) is 6.03. The van der Waals surface area contributed by atoms with Gasteiger partial charge in [0.1, 0.15) is 5.69 Å². The van der Waals surface area contributed by atoms with E-state index in [0.29, 0.717) is 12.5 Å². The molecule has 0 aliphatic rings. The smallest absolute Gasteiger partial charge is 0.356 e. The maximum absolute atomic E-state index is 12.0. The molecule has 0 bridgehead atoms. The maximum Gasteiger partial charge on any atom is 0.356 e. The van der Waals surface area contributed by atoms with Gasteiger partial charge in [-0.15, -0.1) is 0 Å². The first-order valence-corrected chi connectivity index (χ1v) is 7.09. The molecule has 0 atom stereocenters. The van der Waals surface area contributed by atoms with Crippen molar-refractivity contribution in [3.05, 3.63) is 24.0 Å². The van der Waals surface area contributed by atoms with Gasteiger partial charge in [0.2, 0.25) is 5.88 Å². The van der Waals surface area contributed by atoms with Crippen LogP contribution in [0.4, 0.5) is 0 Å². The van der Waals surface area contributed by atoms with Gasteiger partial charge >= 0.3 is 11.9 Å². The van der Waals surface area contributed by atoms with Crippen molar-refractivity contribution >= 4 is 22.8 Å². The fourth-order valence-electron chi connectivity index (χ4n) is 1.87. The van der Waals surface area contributed by atoms with Gasteiger partial charge in [-0.05, 0) is 33.8 Å². The predicted octanol–water partition coefficient (Wildman–Crippen LogP) is 2.70. The zero-order valence-electron chi connectivity index (χ0n) is 13.5. The number of carbonyl (C=O) groups excluding carboxylic acids is 2. The lowest BCUT2D eigenvalue weighted by Crippen LogP contribution is -2.26. The molecule has 2 aromatic rings. The van der Waals surface area contributed by atoms with E-state index in [4.69, 9.17) is 9.47 Å². The van der Waals surface area contributed by atoms with Gasteiger partial charge in [-0.1, -0.05) is 0 Å². The third kappa shape index (κ3) is 3.10. The van der Waals surface area contributed by atoms with Crippen LogP contribution in [-0.4, -0.2) is 28.1 Å². The summed E-state index contributed by atoms with van der Waals surface area (Å²) in [6, 6.07) is 3.34. The SMILES string of the molecule is CCOC(=O)c1cc2cc(OC(=O)C(C)(C)C)n(C)c2cn1. The van der Waals surface area contributed by atoms with Gasteiger partial charge in [-0.2, -0.15) is 0 Å². The average molecular weight is 304 g/mol. The minimum atomic E-state index is -0.592. The summed E-state index contributed by atoms with van der Waals surface area (Å²) in [5, 5.41) is 0.761. The lowest BCUT2D eigenvalue weighted by Gasteiger charge is -2.16. The maximum atomic E-state index is 12.0. The van der Waals surface area contributed by atoms with Crippen LogP contribution in [0.2, 0.25) is 0 Å². The topological polar surface area (TPSA) is 70.4 Å². The Morgan fingerprint density at radius 3 is 2.55 bits per heavy atom. The molecule has 2 aromatic heterocycles. The van der Waals surface area contributed by atoms with Gasteiger partial charge in [-0.3, -0.25) is 4.79 Å². The van der Waals surface area contributed by atoms with Crippen molar-refractivity contribution in [2.45, 2.75) is 27.7 Å². The van der Waals surface area contributed by atoms with Crippen LogP contribution < -0.4 is 4.74 Å². The van der Waals surface area contributed by atoms with Crippen molar-refractivity contribution < 1.29 is 19.1 Å². The van der Waals surface area contributed by atoms with Crippen molar-refractivity contribution in [3.63, 3.8) is 0 Å². The van der Waals surface area contributed by atoms with Crippen molar-refractivity contribution in [1.82, 2.24) is 9.55 Å². The molecule has 0 aromatic carbocycles. The van der Waals surface area contributed by atoms with E-state index in [9.17, 15) is 9.59 Å². The number of esters is 2. The fourth-order valence-corrected chi connectivity index (χ4v) is 1.87. The molecule has 22 heavy (non-hydrogen) atoms. The Labute approximate surface area is 129 Å². The Hall–Kier alpha value is -2.37. The molecule has 0 N–H and O–H groups in total. The van der Waals surface area contributed by atoms with Crippen LogP contribution in [0.3, 0.4) is 0 Å². The standard InChI is InChI=1S/C16H20N2O4/c1-6-21-14(19)11-7-10-8-13(18(5)12(10)9-17-11)22-15(20)16(2,3)4/h7-9H,6H2,1-5H3. The first-order valence-electron chi connectivity index (χ1n) is 7.09. The number of aromatic nitrogens is 2. The fraction of sp³-hybridized carbons (Fsp3) is 0.438. The Morgan fingerprint density at radius 1 is 1.27 bits per heavy atom. The van der Waals surface area contributed by atoms with E-state index in [1.807, 2.05) is 0 Å². The molecule has 2 heterocycles. The summed E-state index contributed by atoms with van der Waals surface area (Å²) in [5.74, 6) is -0.379. The summed E-state index contributed by atoms with van der Waals surface area (Å²) in [6.07, 6.45) is 1.57. The van der Waals surface area contributed by atoms with E-state index >= 15 is 0 Å². The van der Waals surface area contributed by atoms with Crippen LogP contribution in [0.1, 0.15) is 38.2 Å². The van der Waals surface area contributed by atoms with Gasteiger partial charge in [0.05, 0.1) is 23.7 Å². The van der Waals surface area contributed by atoms with Crippen LogP contribution in [0, 0.1) is 5.41 Å². The Morgan fingerprint density at radius 2 is 1.95 bits per heavy atom. The van der Waals surface area contributed by atoms with E-state index in [-0.39, 0.29) is 11.7 Å². The Kier molecular flexibility index (Phi) is 4.21. The number of carbonyl (C=O) groups is 2. The predicted molar refractivity (Wildman–Crippen MR) is 81.8 cm³/mol. The molecule has 118 valence electrons. The van der Waals surface area contributed by atoms with Crippen LogP contribution in [0.5, 0.6) is 5.88 Å². The zero-order valence-corrected chi connectivity index (χ0v) is 13.5. The average Bonchev–Trinajstić information content (AvgIpc) is 2.74. The molecule has 0 saturated heterocycles. The molecule has 0 unspecified atom stereocenters. The van der Waals surface area contributed by atoms with E-state index in [0.717, 1.165) is 10.9 Å². The molecule has 0 spiro atoms. The molecule has 2 rings (SSSR count). The third-order valence-corrected chi connectivity index (χ3v) is 3.18. The molecule has 0 aliphatic heterocycles. The summed E-state index contributed by atoms with van der Waals surface area (Å²) >= 11 is 0. The Balaban J connectivity index is 2.37. The number of hydrogen-bond donors (Lipinski definition) is 0. The lowest BCUT2D eigenvalue weighted by molar-refractivity contribution is -0.143. The summed E-state index contributed by atoms with van der Waals surface area (Å²) in [6.45, 7) is 7.40. The summed E-state index contributed by atoms with van der Waals surface area (Å²) in [7, 11) is 1.78.